The van der Waals surface area contributed by atoms with E-state index in [0.29, 0.717) is 11.3 Å². The highest BCUT2D eigenvalue weighted by molar-refractivity contribution is 7.90. The molecular weight excluding hydrogens is 290 g/mol. The van der Waals surface area contributed by atoms with E-state index in [1.807, 2.05) is 0 Å². The number of aryl methyl sites for hydroxylation is 1. The SMILES string of the molecule is Cc1nc(S(C)(=O)=O)nc2c1ccc(=O)n2C1CCCC1. The Morgan fingerprint density at radius 1 is 1.19 bits per heavy atom. The average molecular weight is 307 g/mol. The van der Waals surface area contributed by atoms with Crippen molar-refractivity contribution < 1.29 is 8.42 Å². The molecular formula is C14H17N3O3S. The fourth-order valence-corrected chi connectivity index (χ4v) is 3.50. The monoisotopic (exact) mass is 307 g/mol. The number of pyridine rings is 1. The zero-order valence-corrected chi connectivity index (χ0v) is 12.9. The van der Waals surface area contributed by atoms with E-state index in [9.17, 15) is 13.2 Å². The lowest BCUT2D eigenvalue weighted by atomic mass is 10.2. The molecule has 7 heteroatoms. The molecule has 0 saturated heterocycles. The van der Waals surface area contributed by atoms with Crippen molar-refractivity contribution in [3.05, 3.63) is 28.2 Å². The van der Waals surface area contributed by atoms with Gasteiger partial charge in [-0.2, -0.15) is 4.98 Å². The zero-order valence-electron chi connectivity index (χ0n) is 12.0. The minimum Gasteiger partial charge on any atom is -0.289 e. The van der Waals surface area contributed by atoms with Crippen LogP contribution in [0.2, 0.25) is 0 Å². The van der Waals surface area contributed by atoms with E-state index < -0.39 is 9.84 Å². The van der Waals surface area contributed by atoms with Crippen molar-refractivity contribution >= 4 is 20.9 Å². The predicted octanol–water partition coefficient (Wildman–Crippen LogP) is 1.62. The first-order valence-corrected chi connectivity index (χ1v) is 8.87. The summed E-state index contributed by atoms with van der Waals surface area (Å²) in [6, 6.07) is 3.28. The lowest BCUT2D eigenvalue weighted by Crippen LogP contribution is -2.24. The van der Waals surface area contributed by atoms with Gasteiger partial charge in [-0.1, -0.05) is 12.8 Å². The normalized spacial score (nSPS) is 16.7. The van der Waals surface area contributed by atoms with Gasteiger partial charge >= 0.3 is 0 Å². The minimum atomic E-state index is -3.51. The molecule has 1 aliphatic carbocycles. The highest BCUT2D eigenvalue weighted by Gasteiger charge is 2.22. The fraction of sp³-hybridized carbons (Fsp3) is 0.500. The Labute approximate surface area is 122 Å². The first-order chi connectivity index (χ1) is 9.88. The maximum absolute atomic E-state index is 12.2. The molecule has 3 rings (SSSR count). The lowest BCUT2D eigenvalue weighted by molar-refractivity contribution is 0.513. The van der Waals surface area contributed by atoms with Crippen molar-refractivity contribution in [2.45, 2.75) is 43.8 Å². The van der Waals surface area contributed by atoms with E-state index >= 15 is 0 Å². The Morgan fingerprint density at radius 2 is 1.86 bits per heavy atom. The largest absolute Gasteiger partial charge is 0.289 e. The van der Waals surface area contributed by atoms with Crippen LogP contribution in [0.5, 0.6) is 0 Å². The van der Waals surface area contributed by atoms with Gasteiger partial charge in [0.2, 0.25) is 15.0 Å². The average Bonchev–Trinajstić information content (AvgIpc) is 2.90. The molecule has 112 valence electrons. The van der Waals surface area contributed by atoms with E-state index in [1.165, 1.54) is 6.07 Å². The van der Waals surface area contributed by atoms with Gasteiger partial charge in [-0.15, -0.1) is 0 Å². The van der Waals surface area contributed by atoms with Crippen molar-refractivity contribution in [2.75, 3.05) is 6.26 Å². The molecule has 0 bridgehead atoms. The summed E-state index contributed by atoms with van der Waals surface area (Å²) in [7, 11) is -3.51. The molecule has 1 saturated carbocycles. The molecule has 2 aromatic rings. The third-order valence-electron chi connectivity index (χ3n) is 3.98. The Hall–Kier alpha value is -1.76. The summed E-state index contributed by atoms with van der Waals surface area (Å²) in [6.07, 6.45) is 5.09. The van der Waals surface area contributed by atoms with Gasteiger partial charge in [-0.05, 0) is 25.8 Å². The van der Waals surface area contributed by atoms with Crippen LogP contribution in [-0.2, 0) is 9.84 Å². The molecule has 2 aromatic heterocycles. The molecule has 1 fully saturated rings. The molecule has 2 heterocycles. The van der Waals surface area contributed by atoms with Gasteiger partial charge in [0.05, 0.1) is 5.69 Å². The maximum Gasteiger partial charge on any atom is 0.252 e. The van der Waals surface area contributed by atoms with Gasteiger partial charge in [0.15, 0.2) is 0 Å². The number of rotatable bonds is 2. The topological polar surface area (TPSA) is 81.9 Å². The van der Waals surface area contributed by atoms with E-state index in [4.69, 9.17) is 0 Å². The molecule has 1 aliphatic rings. The minimum absolute atomic E-state index is 0.0999. The van der Waals surface area contributed by atoms with E-state index in [-0.39, 0.29) is 16.8 Å². The molecule has 21 heavy (non-hydrogen) atoms. The standard InChI is InChI=1S/C14H17N3O3S/c1-9-11-7-8-12(18)17(10-5-3-4-6-10)13(11)16-14(15-9)21(2,19)20/h7-8,10H,3-6H2,1-2H3. The summed E-state index contributed by atoms with van der Waals surface area (Å²) in [4.78, 5) is 20.5. The van der Waals surface area contributed by atoms with Gasteiger partial charge in [-0.3, -0.25) is 9.36 Å². The van der Waals surface area contributed by atoms with Crippen LogP contribution in [0.4, 0.5) is 0 Å². The van der Waals surface area contributed by atoms with Crippen molar-refractivity contribution in [3.8, 4) is 0 Å². The van der Waals surface area contributed by atoms with Crippen LogP contribution in [0.15, 0.2) is 22.1 Å². The van der Waals surface area contributed by atoms with Crippen LogP contribution in [-0.4, -0.2) is 29.2 Å². The quantitative estimate of drug-likeness (QED) is 0.787. The molecule has 0 aliphatic heterocycles. The molecule has 0 unspecified atom stereocenters. The third kappa shape index (κ3) is 2.46. The molecule has 6 nitrogen and oxygen atoms in total. The molecule has 0 amide bonds. The Kier molecular flexibility index (Phi) is 3.32. The number of fused-ring (bicyclic) bond motifs is 1. The second-order valence-electron chi connectivity index (χ2n) is 5.58. The summed E-state index contributed by atoms with van der Waals surface area (Å²) in [5, 5.41) is 0.513. The third-order valence-corrected chi connectivity index (χ3v) is 4.82. The van der Waals surface area contributed by atoms with Crippen LogP contribution >= 0.6 is 0 Å². The summed E-state index contributed by atoms with van der Waals surface area (Å²) in [5.41, 5.74) is 0.876. The van der Waals surface area contributed by atoms with E-state index in [1.54, 1.807) is 17.6 Å². The smallest absolute Gasteiger partial charge is 0.252 e. The first kappa shape index (κ1) is 14.2. The summed E-state index contributed by atoms with van der Waals surface area (Å²) in [6.45, 7) is 1.74. The van der Waals surface area contributed by atoms with Crippen LogP contribution < -0.4 is 5.56 Å². The summed E-state index contributed by atoms with van der Waals surface area (Å²) >= 11 is 0. The Morgan fingerprint density at radius 3 is 2.48 bits per heavy atom. The number of sulfone groups is 1. The van der Waals surface area contributed by atoms with Gasteiger partial charge in [0, 0.05) is 23.8 Å². The Bertz CT molecular complexity index is 865. The van der Waals surface area contributed by atoms with Gasteiger partial charge < -0.3 is 0 Å². The second-order valence-corrected chi connectivity index (χ2v) is 7.49. The highest BCUT2D eigenvalue weighted by atomic mass is 32.2. The van der Waals surface area contributed by atoms with Gasteiger partial charge in [-0.25, -0.2) is 13.4 Å². The van der Waals surface area contributed by atoms with Gasteiger partial charge in [0.1, 0.15) is 5.65 Å². The molecule has 0 aromatic carbocycles. The predicted molar refractivity (Wildman–Crippen MR) is 79.1 cm³/mol. The Balaban J connectivity index is 2.37. The molecule has 0 spiro atoms. The van der Waals surface area contributed by atoms with Crippen LogP contribution in [0.25, 0.3) is 11.0 Å². The lowest BCUT2D eigenvalue weighted by Gasteiger charge is -2.16. The number of aromatic nitrogens is 3. The summed E-state index contributed by atoms with van der Waals surface area (Å²) < 4.78 is 25.1. The van der Waals surface area contributed by atoms with Crippen molar-refractivity contribution in [2.24, 2.45) is 0 Å². The van der Waals surface area contributed by atoms with E-state index in [2.05, 4.69) is 9.97 Å². The van der Waals surface area contributed by atoms with Crippen LogP contribution in [0, 0.1) is 6.92 Å². The van der Waals surface area contributed by atoms with Crippen molar-refractivity contribution in [1.29, 1.82) is 0 Å². The van der Waals surface area contributed by atoms with Crippen LogP contribution in [0.3, 0.4) is 0 Å². The number of hydrogen-bond donors (Lipinski definition) is 0. The second kappa shape index (κ2) is 4.91. The highest BCUT2D eigenvalue weighted by Crippen LogP contribution is 2.30. The van der Waals surface area contributed by atoms with Crippen molar-refractivity contribution in [1.82, 2.24) is 14.5 Å². The van der Waals surface area contributed by atoms with E-state index in [0.717, 1.165) is 37.3 Å². The first-order valence-electron chi connectivity index (χ1n) is 6.98. The molecule has 0 radical (unpaired) electrons. The molecule has 0 atom stereocenters. The number of hydrogen-bond acceptors (Lipinski definition) is 5. The maximum atomic E-state index is 12.2. The van der Waals surface area contributed by atoms with Crippen LogP contribution in [0.1, 0.15) is 37.4 Å². The zero-order chi connectivity index (χ0) is 15.2. The fourth-order valence-electron chi connectivity index (χ4n) is 2.94. The number of nitrogens with zero attached hydrogens (tertiary/aromatic N) is 3. The van der Waals surface area contributed by atoms with Crippen molar-refractivity contribution in [3.63, 3.8) is 0 Å². The molecule has 0 N–H and O–H groups in total. The van der Waals surface area contributed by atoms with Gasteiger partial charge in [0.25, 0.3) is 5.56 Å². The summed E-state index contributed by atoms with van der Waals surface area (Å²) in [5.74, 6) is 0.